The summed E-state index contributed by atoms with van der Waals surface area (Å²) in [5.41, 5.74) is 0. The molecular formula is C18H34Cl2F8N2O4. The lowest BCUT2D eigenvalue weighted by Crippen LogP contribution is -3.00. The number of halogens is 10. The standard InChI is InChI=1S/C18H34F8N2O4.2ClH/c1-27(2,7-13(29)9-31-11-17(23,24)15(19)20)5-6-28(3,4)8-14(30)10-32-12-18(25,26)16(21)22;;/h13-16,29-30H,5-12H2,1-4H3;2*1H/q+2;;/p-2. The van der Waals surface area contributed by atoms with E-state index in [9.17, 15) is 45.3 Å². The highest BCUT2D eigenvalue weighted by atomic mass is 35.5. The molecule has 0 heterocycles. The van der Waals surface area contributed by atoms with E-state index in [4.69, 9.17) is 0 Å². The topological polar surface area (TPSA) is 58.9 Å². The van der Waals surface area contributed by atoms with Crippen LogP contribution in [0.2, 0.25) is 0 Å². The van der Waals surface area contributed by atoms with Gasteiger partial charge in [-0.1, -0.05) is 0 Å². The minimum absolute atomic E-state index is 0. The Bertz CT molecular complexity index is 504. The zero-order valence-electron chi connectivity index (χ0n) is 19.4. The quantitative estimate of drug-likeness (QED) is 0.139. The van der Waals surface area contributed by atoms with Gasteiger partial charge in [0.15, 0.2) is 0 Å². The van der Waals surface area contributed by atoms with E-state index in [0.717, 1.165) is 0 Å². The zero-order chi connectivity index (χ0) is 25.4. The van der Waals surface area contributed by atoms with Crippen LogP contribution in [0.3, 0.4) is 0 Å². The van der Waals surface area contributed by atoms with Crippen molar-refractivity contribution in [3.8, 4) is 0 Å². The molecule has 2 atom stereocenters. The molecule has 0 rings (SSSR count). The van der Waals surface area contributed by atoms with Crippen LogP contribution in [0.15, 0.2) is 0 Å². The number of aliphatic hydroxyl groups is 2. The molecule has 0 aliphatic rings. The summed E-state index contributed by atoms with van der Waals surface area (Å²) < 4.78 is 109. The van der Waals surface area contributed by atoms with Crippen molar-refractivity contribution < 1.29 is 88.6 Å². The van der Waals surface area contributed by atoms with Gasteiger partial charge in [0.1, 0.15) is 51.6 Å². The summed E-state index contributed by atoms with van der Waals surface area (Å²) in [6, 6.07) is 0. The van der Waals surface area contributed by atoms with Gasteiger partial charge in [-0.25, -0.2) is 17.6 Å². The number of nitrogens with zero attached hydrogens (tertiary/aromatic N) is 2. The molecule has 0 amide bonds. The van der Waals surface area contributed by atoms with Gasteiger partial charge >= 0.3 is 24.7 Å². The SMILES string of the molecule is C[N+](C)(CC[N+](C)(C)CC(O)COCC(F)(F)C(F)F)CC(O)COCC(F)(F)C(F)F.[Cl-].[Cl-]. The molecule has 0 saturated heterocycles. The first kappa shape index (κ1) is 38.3. The number of quaternary nitrogens is 2. The van der Waals surface area contributed by atoms with Gasteiger partial charge in [0.05, 0.1) is 41.4 Å². The fourth-order valence-electron chi connectivity index (χ4n) is 2.76. The summed E-state index contributed by atoms with van der Waals surface area (Å²) in [4.78, 5) is 0. The third-order valence-corrected chi connectivity index (χ3v) is 4.57. The second-order valence-electron chi connectivity index (χ2n) is 9.15. The average Bonchev–Trinajstić information content (AvgIpc) is 2.58. The van der Waals surface area contributed by atoms with Crippen LogP contribution in [0.1, 0.15) is 0 Å². The van der Waals surface area contributed by atoms with E-state index >= 15 is 0 Å². The average molecular weight is 565 g/mol. The summed E-state index contributed by atoms with van der Waals surface area (Å²) in [5, 5.41) is 19.9. The number of alkyl halides is 8. The number of likely N-dealkylation sites (N-methyl/N-ethyl adjacent to an activating group) is 2. The maximum absolute atomic E-state index is 12.8. The number of aliphatic hydroxyl groups excluding tert-OH is 2. The summed E-state index contributed by atoms with van der Waals surface area (Å²) >= 11 is 0. The van der Waals surface area contributed by atoms with Crippen LogP contribution in [0.4, 0.5) is 35.1 Å². The van der Waals surface area contributed by atoms with Crippen LogP contribution in [0, 0.1) is 0 Å². The summed E-state index contributed by atoms with van der Waals surface area (Å²) in [5.74, 6) is -8.60. The van der Waals surface area contributed by atoms with Crippen molar-refractivity contribution in [2.45, 2.75) is 36.9 Å². The minimum atomic E-state index is -4.30. The Labute approximate surface area is 206 Å². The smallest absolute Gasteiger partial charge is 0.330 e. The molecule has 0 aromatic heterocycles. The molecule has 0 aliphatic heterocycles. The fraction of sp³-hybridized carbons (Fsp3) is 1.00. The zero-order valence-corrected chi connectivity index (χ0v) is 20.9. The molecular weight excluding hydrogens is 531 g/mol. The van der Waals surface area contributed by atoms with Gasteiger partial charge in [0.2, 0.25) is 0 Å². The van der Waals surface area contributed by atoms with Gasteiger partial charge in [-0.05, 0) is 0 Å². The number of hydrogen-bond acceptors (Lipinski definition) is 4. The van der Waals surface area contributed by atoms with Crippen molar-refractivity contribution in [1.29, 1.82) is 0 Å². The predicted molar refractivity (Wildman–Crippen MR) is 99.2 cm³/mol. The van der Waals surface area contributed by atoms with Gasteiger partial charge in [0, 0.05) is 0 Å². The summed E-state index contributed by atoms with van der Waals surface area (Å²) in [7, 11) is 6.90. The molecule has 0 saturated carbocycles. The van der Waals surface area contributed by atoms with Gasteiger partial charge in [-0.2, -0.15) is 17.6 Å². The maximum Gasteiger partial charge on any atom is 0.330 e. The predicted octanol–water partition coefficient (Wildman–Crippen LogP) is -4.30. The lowest BCUT2D eigenvalue weighted by Gasteiger charge is -2.37. The van der Waals surface area contributed by atoms with Crippen LogP contribution >= 0.6 is 0 Å². The third kappa shape index (κ3) is 16.5. The molecule has 16 heteroatoms. The summed E-state index contributed by atoms with van der Waals surface area (Å²) in [6.45, 7) is -3.15. The van der Waals surface area contributed by atoms with Crippen molar-refractivity contribution in [3.63, 3.8) is 0 Å². The van der Waals surface area contributed by atoms with E-state index in [1.165, 1.54) is 0 Å². The number of rotatable bonds is 17. The second kappa shape index (κ2) is 15.8. The van der Waals surface area contributed by atoms with Crippen LogP contribution < -0.4 is 24.8 Å². The molecule has 34 heavy (non-hydrogen) atoms. The Morgan fingerprint density at radius 3 is 1.15 bits per heavy atom. The Morgan fingerprint density at radius 1 is 0.647 bits per heavy atom. The molecule has 0 aliphatic carbocycles. The largest absolute Gasteiger partial charge is 1.00 e. The number of hydrogen-bond donors (Lipinski definition) is 2. The van der Waals surface area contributed by atoms with Crippen molar-refractivity contribution in [3.05, 3.63) is 0 Å². The Balaban J connectivity index is -0.00000480. The summed E-state index contributed by atoms with van der Waals surface area (Å²) in [6.07, 6.45) is -10.1. The Morgan fingerprint density at radius 2 is 0.912 bits per heavy atom. The molecule has 0 aromatic rings. The highest BCUT2D eigenvalue weighted by molar-refractivity contribution is 4.69. The first-order valence-electron chi connectivity index (χ1n) is 9.77. The van der Waals surface area contributed by atoms with Crippen LogP contribution in [0.5, 0.6) is 0 Å². The highest BCUT2D eigenvalue weighted by Gasteiger charge is 2.42. The van der Waals surface area contributed by atoms with Crippen molar-refractivity contribution in [1.82, 2.24) is 0 Å². The van der Waals surface area contributed by atoms with E-state index in [2.05, 4.69) is 9.47 Å². The normalized spacial score (nSPS) is 15.2. The molecule has 0 spiro atoms. The van der Waals surface area contributed by atoms with E-state index in [0.29, 0.717) is 13.1 Å². The van der Waals surface area contributed by atoms with E-state index in [-0.39, 0.29) is 46.9 Å². The number of ether oxygens (including phenoxy) is 2. The monoisotopic (exact) mass is 564 g/mol. The van der Waals surface area contributed by atoms with E-state index < -0.39 is 63.3 Å². The maximum atomic E-state index is 12.8. The molecule has 0 radical (unpaired) electrons. The van der Waals surface area contributed by atoms with E-state index in [1.54, 1.807) is 28.2 Å². The molecule has 2 unspecified atom stereocenters. The van der Waals surface area contributed by atoms with Crippen molar-refractivity contribution >= 4 is 0 Å². The van der Waals surface area contributed by atoms with Gasteiger partial charge < -0.3 is 53.5 Å². The van der Waals surface area contributed by atoms with Crippen LogP contribution in [0.25, 0.3) is 0 Å². The molecule has 0 bridgehead atoms. The van der Waals surface area contributed by atoms with E-state index in [1.807, 2.05) is 0 Å². The molecule has 0 aromatic carbocycles. The first-order chi connectivity index (χ1) is 14.3. The lowest BCUT2D eigenvalue weighted by molar-refractivity contribution is -0.948. The molecule has 6 nitrogen and oxygen atoms in total. The van der Waals surface area contributed by atoms with Gasteiger partial charge in [-0.15, -0.1) is 0 Å². The molecule has 0 fully saturated rings. The third-order valence-electron chi connectivity index (χ3n) is 4.57. The molecule has 2 N–H and O–H groups in total. The van der Waals surface area contributed by atoms with Crippen molar-refractivity contribution in [2.75, 3.05) is 80.8 Å². The fourth-order valence-corrected chi connectivity index (χ4v) is 2.76. The van der Waals surface area contributed by atoms with Gasteiger partial charge in [0.25, 0.3) is 0 Å². The Kier molecular flexibility index (Phi) is 17.8. The second-order valence-corrected chi connectivity index (χ2v) is 9.15. The Hall–Kier alpha value is -0.220. The van der Waals surface area contributed by atoms with Gasteiger partial charge in [-0.3, -0.25) is 0 Å². The molecule has 210 valence electrons. The van der Waals surface area contributed by atoms with Crippen molar-refractivity contribution in [2.24, 2.45) is 0 Å². The van der Waals surface area contributed by atoms with Crippen LogP contribution in [-0.4, -0.2) is 137 Å². The minimum Gasteiger partial charge on any atom is -1.00 e. The van der Waals surface area contributed by atoms with Crippen LogP contribution in [-0.2, 0) is 9.47 Å². The first-order valence-corrected chi connectivity index (χ1v) is 9.77. The highest BCUT2D eigenvalue weighted by Crippen LogP contribution is 2.23. The lowest BCUT2D eigenvalue weighted by atomic mass is 10.2.